The van der Waals surface area contributed by atoms with Crippen LogP contribution in [-0.2, 0) is 0 Å². The summed E-state index contributed by atoms with van der Waals surface area (Å²) in [6.07, 6.45) is 3.54. The molecular weight excluding hydrogens is 739 g/mol. The number of rotatable bonds is 9. The minimum Gasteiger partial charge on any atom is -0.255 e. The maximum atomic E-state index is 5.10. The molecule has 10 rings (SSSR count). The molecule has 10 aromatic rings. The summed E-state index contributed by atoms with van der Waals surface area (Å²) >= 11 is 0. The Hall–Kier alpha value is -8.43. The molecule has 0 fully saturated rings. The minimum absolute atomic E-state index is 0.534. The first-order chi connectivity index (χ1) is 29.7. The van der Waals surface area contributed by atoms with Crippen LogP contribution in [0.1, 0.15) is 0 Å². The first-order valence-electron chi connectivity index (χ1n) is 19.5. The standard InChI is InChI=1S/C51H33N9/c1-5-15-35(16-6-1)46-55-47(36-17-7-2-8-18-36)58-50(57-46)39-26-24-34(25-27-39)41-32-44(42-23-13-14-29-52-42)54-45(33-41)43-31-40(28-30-53-43)51-59-48(37-19-9-3-10-20-37)56-49(60-51)38-21-11-4-12-22-38/h1-33H. The van der Waals surface area contributed by atoms with Crippen LogP contribution in [0.4, 0.5) is 0 Å². The van der Waals surface area contributed by atoms with Crippen molar-refractivity contribution in [2.75, 3.05) is 0 Å². The van der Waals surface area contributed by atoms with Gasteiger partial charge in [-0.2, -0.15) is 0 Å². The molecule has 0 aliphatic heterocycles. The van der Waals surface area contributed by atoms with Gasteiger partial charge in [0.05, 0.1) is 22.8 Å². The van der Waals surface area contributed by atoms with E-state index < -0.39 is 0 Å². The molecule has 0 aliphatic rings. The smallest absolute Gasteiger partial charge is 0.164 e. The van der Waals surface area contributed by atoms with Crippen molar-refractivity contribution in [1.29, 1.82) is 0 Å². The zero-order valence-corrected chi connectivity index (χ0v) is 32.1. The molecule has 0 bridgehead atoms. The summed E-state index contributed by atoms with van der Waals surface area (Å²) in [5.74, 6) is 3.52. The third kappa shape index (κ3) is 7.66. The van der Waals surface area contributed by atoms with Gasteiger partial charge >= 0.3 is 0 Å². The number of benzene rings is 5. The molecule has 0 spiro atoms. The largest absolute Gasteiger partial charge is 0.255 e. The lowest BCUT2D eigenvalue weighted by atomic mass is 10.0. The van der Waals surface area contributed by atoms with E-state index in [9.17, 15) is 0 Å². The monoisotopic (exact) mass is 771 g/mol. The van der Waals surface area contributed by atoms with Crippen LogP contribution in [0.2, 0.25) is 0 Å². The number of hydrogen-bond donors (Lipinski definition) is 0. The van der Waals surface area contributed by atoms with E-state index >= 15 is 0 Å². The lowest BCUT2D eigenvalue weighted by molar-refractivity contribution is 1.07. The molecule has 5 aromatic carbocycles. The Morgan fingerprint density at radius 3 is 0.983 bits per heavy atom. The Labute approximate surface area is 346 Å². The van der Waals surface area contributed by atoms with Crippen molar-refractivity contribution in [1.82, 2.24) is 44.9 Å². The summed E-state index contributed by atoms with van der Waals surface area (Å²) < 4.78 is 0. The van der Waals surface area contributed by atoms with Crippen LogP contribution in [-0.4, -0.2) is 44.9 Å². The molecular formula is C51H33N9. The first-order valence-corrected chi connectivity index (χ1v) is 19.5. The lowest BCUT2D eigenvalue weighted by Gasteiger charge is -2.12. The fourth-order valence-corrected chi connectivity index (χ4v) is 6.87. The van der Waals surface area contributed by atoms with Crippen molar-refractivity contribution in [2.24, 2.45) is 0 Å². The molecule has 282 valence electrons. The van der Waals surface area contributed by atoms with Crippen LogP contribution in [0.5, 0.6) is 0 Å². The van der Waals surface area contributed by atoms with Crippen LogP contribution in [0.15, 0.2) is 200 Å². The second-order valence-corrected chi connectivity index (χ2v) is 13.9. The molecule has 5 aromatic heterocycles. The van der Waals surface area contributed by atoms with Crippen molar-refractivity contribution in [3.05, 3.63) is 200 Å². The molecule has 0 saturated heterocycles. The predicted octanol–water partition coefficient (Wildman–Crippen LogP) is 11.2. The van der Waals surface area contributed by atoms with Gasteiger partial charge in [0.2, 0.25) is 0 Å². The van der Waals surface area contributed by atoms with Crippen LogP contribution in [0.3, 0.4) is 0 Å². The van der Waals surface area contributed by atoms with Gasteiger partial charge in [-0.1, -0.05) is 152 Å². The van der Waals surface area contributed by atoms with Gasteiger partial charge in [0.1, 0.15) is 0 Å². The van der Waals surface area contributed by atoms with Crippen molar-refractivity contribution < 1.29 is 0 Å². The van der Waals surface area contributed by atoms with Crippen LogP contribution in [0, 0.1) is 0 Å². The SMILES string of the molecule is c1ccc(-c2nc(-c3ccccc3)nc(-c3ccc(-c4cc(-c5ccccn5)nc(-c5cc(-c6nc(-c7ccccc7)nc(-c7ccccc7)n6)ccn5)c4)cc3)n2)cc1. The van der Waals surface area contributed by atoms with Crippen molar-refractivity contribution >= 4 is 0 Å². The van der Waals surface area contributed by atoms with Gasteiger partial charge in [0.25, 0.3) is 0 Å². The summed E-state index contributed by atoms with van der Waals surface area (Å²) in [4.78, 5) is 44.0. The molecule has 5 heterocycles. The molecule has 9 heteroatoms. The van der Waals surface area contributed by atoms with E-state index in [1.54, 1.807) is 12.4 Å². The molecule has 0 aliphatic carbocycles. The van der Waals surface area contributed by atoms with E-state index in [2.05, 4.69) is 29.2 Å². The summed E-state index contributed by atoms with van der Waals surface area (Å²) in [6, 6.07) is 61.9. The fourth-order valence-electron chi connectivity index (χ4n) is 6.87. The van der Waals surface area contributed by atoms with Gasteiger partial charge in [-0.05, 0) is 47.5 Å². The highest BCUT2D eigenvalue weighted by Gasteiger charge is 2.17. The second kappa shape index (κ2) is 16.2. The molecule has 60 heavy (non-hydrogen) atoms. The van der Waals surface area contributed by atoms with Crippen molar-refractivity contribution in [2.45, 2.75) is 0 Å². The molecule has 0 atom stereocenters. The topological polar surface area (TPSA) is 116 Å². The zero-order chi connectivity index (χ0) is 40.1. The maximum Gasteiger partial charge on any atom is 0.164 e. The van der Waals surface area contributed by atoms with Crippen LogP contribution >= 0.6 is 0 Å². The summed E-state index contributed by atoms with van der Waals surface area (Å²) in [6.45, 7) is 0. The molecule has 9 nitrogen and oxygen atoms in total. The predicted molar refractivity (Wildman–Crippen MR) is 236 cm³/mol. The Morgan fingerprint density at radius 2 is 0.550 bits per heavy atom. The number of nitrogens with zero attached hydrogens (tertiary/aromatic N) is 9. The maximum absolute atomic E-state index is 5.10. The Bertz CT molecular complexity index is 2940. The van der Waals surface area contributed by atoms with E-state index in [-0.39, 0.29) is 0 Å². The van der Waals surface area contributed by atoms with E-state index in [1.165, 1.54) is 0 Å². The molecule has 0 unspecified atom stereocenters. The number of pyridine rings is 3. The lowest BCUT2D eigenvalue weighted by Crippen LogP contribution is -2.01. The third-order valence-electron chi connectivity index (χ3n) is 9.91. The van der Waals surface area contributed by atoms with Gasteiger partial charge < -0.3 is 0 Å². The van der Waals surface area contributed by atoms with E-state index in [1.807, 2.05) is 164 Å². The van der Waals surface area contributed by atoms with Crippen molar-refractivity contribution in [3.63, 3.8) is 0 Å². The average molecular weight is 772 g/mol. The zero-order valence-electron chi connectivity index (χ0n) is 32.1. The highest BCUT2D eigenvalue weighted by molar-refractivity contribution is 5.78. The number of hydrogen-bond acceptors (Lipinski definition) is 9. The Morgan fingerprint density at radius 1 is 0.200 bits per heavy atom. The third-order valence-corrected chi connectivity index (χ3v) is 9.91. The van der Waals surface area contributed by atoms with E-state index in [0.717, 1.165) is 55.9 Å². The quantitative estimate of drug-likeness (QED) is 0.141. The Kier molecular flexibility index (Phi) is 9.71. The van der Waals surface area contributed by atoms with Crippen LogP contribution in [0.25, 0.3) is 102 Å². The molecule has 0 amide bonds. The summed E-state index contributed by atoms with van der Waals surface area (Å²) in [5.41, 5.74) is 10.0. The van der Waals surface area contributed by atoms with Gasteiger partial charge in [0, 0.05) is 45.8 Å². The average Bonchev–Trinajstić information content (AvgIpc) is 3.35. The van der Waals surface area contributed by atoms with E-state index in [4.69, 9.17) is 39.9 Å². The van der Waals surface area contributed by atoms with Crippen LogP contribution < -0.4 is 0 Å². The van der Waals surface area contributed by atoms with Crippen molar-refractivity contribution in [3.8, 4) is 102 Å². The van der Waals surface area contributed by atoms with Gasteiger partial charge in [-0.15, -0.1) is 0 Å². The van der Waals surface area contributed by atoms with Gasteiger partial charge in [-0.3, -0.25) is 9.97 Å². The normalized spacial score (nSPS) is 11.0. The second-order valence-electron chi connectivity index (χ2n) is 13.9. The molecule has 0 saturated carbocycles. The fraction of sp³-hybridized carbons (Fsp3) is 0. The molecule has 0 radical (unpaired) electrons. The van der Waals surface area contributed by atoms with Gasteiger partial charge in [0.15, 0.2) is 34.9 Å². The highest BCUT2D eigenvalue weighted by atomic mass is 15.0. The minimum atomic E-state index is 0.534. The summed E-state index contributed by atoms with van der Waals surface area (Å²) in [7, 11) is 0. The Balaban J connectivity index is 1.05. The van der Waals surface area contributed by atoms with Gasteiger partial charge in [-0.25, -0.2) is 34.9 Å². The molecule has 0 N–H and O–H groups in total. The highest BCUT2D eigenvalue weighted by Crippen LogP contribution is 2.33. The number of aromatic nitrogens is 9. The van der Waals surface area contributed by atoms with E-state index in [0.29, 0.717) is 46.3 Å². The summed E-state index contributed by atoms with van der Waals surface area (Å²) in [5, 5.41) is 0. The first kappa shape index (κ1) is 35.9.